The molecule has 7 nitrogen and oxygen atoms in total. The number of hydrogen-bond acceptors (Lipinski definition) is 5. The Bertz CT molecular complexity index is 634. The Morgan fingerprint density at radius 2 is 1.72 bits per heavy atom. The van der Waals surface area contributed by atoms with E-state index < -0.39 is 0 Å². The summed E-state index contributed by atoms with van der Waals surface area (Å²) in [7, 11) is 3.10. The number of amides is 2. The molecule has 1 aromatic rings. The third-order valence-electron chi connectivity index (χ3n) is 4.71. The zero-order valence-electron chi connectivity index (χ0n) is 14.7. The molecule has 0 radical (unpaired) electrons. The number of carbonyl (C=O) groups is 2. The highest BCUT2D eigenvalue weighted by Crippen LogP contribution is 2.28. The lowest BCUT2D eigenvalue weighted by Crippen LogP contribution is -2.52. The Kier molecular flexibility index (Phi) is 5.43. The molecule has 0 N–H and O–H groups in total. The number of carbonyl (C=O) groups excluding carboxylic acids is 2. The van der Waals surface area contributed by atoms with Crippen LogP contribution >= 0.6 is 0 Å². The van der Waals surface area contributed by atoms with Gasteiger partial charge in [-0.2, -0.15) is 0 Å². The molecule has 136 valence electrons. The first kappa shape index (κ1) is 17.5. The average Bonchev–Trinajstić information content (AvgIpc) is 3.21. The second kappa shape index (κ2) is 7.74. The number of hydrogen-bond donors (Lipinski definition) is 0. The zero-order valence-corrected chi connectivity index (χ0v) is 14.7. The molecule has 2 fully saturated rings. The lowest BCUT2D eigenvalue weighted by atomic mass is 10.1. The van der Waals surface area contributed by atoms with E-state index >= 15 is 0 Å². The van der Waals surface area contributed by atoms with Gasteiger partial charge >= 0.3 is 0 Å². The molecule has 2 saturated heterocycles. The Hall–Kier alpha value is -2.28. The molecule has 0 saturated carbocycles. The summed E-state index contributed by atoms with van der Waals surface area (Å²) in [5.41, 5.74) is 0.552. The lowest BCUT2D eigenvalue weighted by molar-refractivity contribution is -0.142. The van der Waals surface area contributed by atoms with Gasteiger partial charge in [0.15, 0.2) is 11.5 Å². The highest BCUT2D eigenvalue weighted by atomic mass is 16.5. The molecule has 2 heterocycles. The van der Waals surface area contributed by atoms with E-state index in [0.717, 1.165) is 12.8 Å². The van der Waals surface area contributed by atoms with Crippen LogP contribution in [-0.4, -0.2) is 74.7 Å². The molecule has 7 heteroatoms. The van der Waals surface area contributed by atoms with Crippen LogP contribution in [0.1, 0.15) is 23.2 Å². The molecule has 2 aliphatic rings. The van der Waals surface area contributed by atoms with Crippen molar-refractivity contribution < 1.29 is 23.8 Å². The number of nitrogens with zero attached hydrogens (tertiary/aromatic N) is 2. The van der Waals surface area contributed by atoms with Crippen molar-refractivity contribution in [1.29, 1.82) is 0 Å². The van der Waals surface area contributed by atoms with Gasteiger partial charge in [0.05, 0.1) is 14.2 Å². The van der Waals surface area contributed by atoms with Gasteiger partial charge < -0.3 is 24.0 Å². The summed E-state index contributed by atoms with van der Waals surface area (Å²) in [4.78, 5) is 28.6. The van der Waals surface area contributed by atoms with Crippen LogP contribution in [0.25, 0.3) is 0 Å². The van der Waals surface area contributed by atoms with E-state index in [1.54, 1.807) is 42.2 Å². The Balaban J connectivity index is 1.60. The van der Waals surface area contributed by atoms with Crippen LogP contribution in [0.2, 0.25) is 0 Å². The first-order valence-electron chi connectivity index (χ1n) is 8.55. The highest BCUT2D eigenvalue weighted by Gasteiger charge is 2.31. The molecule has 0 aliphatic carbocycles. The lowest BCUT2D eigenvalue weighted by Gasteiger charge is -2.35. The van der Waals surface area contributed by atoms with Crippen molar-refractivity contribution in [1.82, 2.24) is 9.80 Å². The standard InChI is InChI=1S/C18H24N2O5/c1-23-14-6-5-13(12-16(14)24-2)17(21)19-7-9-20(10-8-19)18(22)15-4-3-11-25-15/h5-6,12,15H,3-4,7-11H2,1-2H3. The van der Waals surface area contributed by atoms with Crippen LogP contribution in [0.5, 0.6) is 11.5 Å². The van der Waals surface area contributed by atoms with E-state index in [1.165, 1.54) is 0 Å². The fourth-order valence-corrected chi connectivity index (χ4v) is 3.26. The van der Waals surface area contributed by atoms with Crippen molar-refractivity contribution in [2.75, 3.05) is 47.0 Å². The molecule has 1 aromatic carbocycles. The minimum atomic E-state index is -0.298. The van der Waals surface area contributed by atoms with Crippen molar-refractivity contribution in [2.24, 2.45) is 0 Å². The molecule has 25 heavy (non-hydrogen) atoms. The summed E-state index contributed by atoms with van der Waals surface area (Å²) < 4.78 is 15.9. The number of methoxy groups -OCH3 is 2. The highest BCUT2D eigenvalue weighted by molar-refractivity contribution is 5.95. The Morgan fingerprint density at radius 1 is 1.04 bits per heavy atom. The van der Waals surface area contributed by atoms with Gasteiger partial charge in [0.2, 0.25) is 0 Å². The van der Waals surface area contributed by atoms with Crippen LogP contribution in [0.15, 0.2) is 18.2 Å². The van der Waals surface area contributed by atoms with E-state index in [4.69, 9.17) is 14.2 Å². The number of benzene rings is 1. The van der Waals surface area contributed by atoms with Crippen molar-refractivity contribution >= 4 is 11.8 Å². The van der Waals surface area contributed by atoms with E-state index in [1.807, 2.05) is 0 Å². The summed E-state index contributed by atoms with van der Waals surface area (Å²) in [5.74, 6) is 1.10. The van der Waals surface area contributed by atoms with Gasteiger partial charge in [-0.25, -0.2) is 0 Å². The maximum Gasteiger partial charge on any atom is 0.254 e. The van der Waals surface area contributed by atoms with Crippen molar-refractivity contribution in [3.63, 3.8) is 0 Å². The SMILES string of the molecule is COc1ccc(C(=O)N2CCN(C(=O)C3CCCO3)CC2)cc1OC. The molecular weight excluding hydrogens is 324 g/mol. The van der Waals surface area contributed by atoms with E-state index in [2.05, 4.69) is 0 Å². The fraction of sp³-hybridized carbons (Fsp3) is 0.556. The minimum absolute atomic E-state index is 0.0516. The summed E-state index contributed by atoms with van der Waals surface area (Å²) in [5, 5.41) is 0. The molecule has 0 aromatic heterocycles. The summed E-state index contributed by atoms with van der Waals surface area (Å²) in [6, 6.07) is 5.14. The maximum atomic E-state index is 12.7. The van der Waals surface area contributed by atoms with Gasteiger partial charge in [-0.05, 0) is 31.0 Å². The van der Waals surface area contributed by atoms with Gasteiger partial charge in [-0.15, -0.1) is 0 Å². The first-order chi connectivity index (χ1) is 12.1. The molecule has 2 aliphatic heterocycles. The van der Waals surface area contributed by atoms with Gasteiger partial charge in [0, 0.05) is 38.3 Å². The Morgan fingerprint density at radius 3 is 2.32 bits per heavy atom. The molecule has 3 rings (SSSR count). The molecular formula is C18H24N2O5. The van der Waals surface area contributed by atoms with E-state index in [-0.39, 0.29) is 17.9 Å². The largest absolute Gasteiger partial charge is 0.493 e. The molecule has 1 atom stereocenters. The van der Waals surface area contributed by atoms with Gasteiger partial charge in [0.25, 0.3) is 11.8 Å². The molecule has 2 amide bonds. The van der Waals surface area contributed by atoms with Crippen LogP contribution in [0.4, 0.5) is 0 Å². The quantitative estimate of drug-likeness (QED) is 0.817. The fourth-order valence-electron chi connectivity index (χ4n) is 3.26. The third-order valence-corrected chi connectivity index (χ3v) is 4.71. The molecule has 1 unspecified atom stereocenters. The van der Waals surface area contributed by atoms with Gasteiger partial charge in [0.1, 0.15) is 6.10 Å². The number of piperazine rings is 1. The second-order valence-electron chi connectivity index (χ2n) is 6.19. The molecule has 0 spiro atoms. The summed E-state index contributed by atoms with van der Waals surface area (Å²) in [6.07, 6.45) is 1.44. The summed E-state index contributed by atoms with van der Waals surface area (Å²) >= 11 is 0. The predicted octanol–water partition coefficient (Wildman–Crippen LogP) is 1.17. The van der Waals surface area contributed by atoms with Crippen LogP contribution in [0, 0.1) is 0 Å². The predicted molar refractivity (Wildman–Crippen MR) is 91.0 cm³/mol. The average molecular weight is 348 g/mol. The van der Waals surface area contributed by atoms with Crippen LogP contribution in [-0.2, 0) is 9.53 Å². The van der Waals surface area contributed by atoms with Crippen molar-refractivity contribution in [3.05, 3.63) is 23.8 Å². The first-order valence-corrected chi connectivity index (χ1v) is 8.55. The molecule has 0 bridgehead atoms. The maximum absolute atomic E-state index is 12.7. The smallest absolute Gasteiger partial charge is 0.254 e. The van der Waals surface area contributed by atoms with E-state index in [0.29, 0.717) is 49.8 Å². The van der Waals surface area contributed by atoms with Gasteiger partial charge in [-0.3, -0.25) is 9.59 Å². The van der Waals surface area contributed by atoms with Crippen LogP contribution in [0.3, 0.4) is 0 Å². The normalized spacial score (nSPS) is 20.5. The van der Waals surface area contributed by atoms with E-state index in [9.17, 15) is 9.59 Å². The Labute approximate surface area is 147 Å². The topological polar surface area (TPSA) is 68.3 Å². The van der Waals surface area contributed by atoms with Crippen molar-refractivity contribution in [3.8, 4) is 11.5 Å². The van der Waals surface area contributed by atoms with Gasteiger partial charge in [-0.1, -0.05) is 0 Å². The zero-order chi connectivity index (χ0) is 17.8. The van der Waals surface area contributed by atoms with Crippen LogP contribution < -0.4 is 9.47 Å². The number of ether oxygens (including phenoxy) is 3. The second-order valence-corrected chi connectivity index (χ2v) is 6.19. The van der Waals surface area contributed by atoms with Crippen molar-refractivity contribution in [2.45, 2.75) is 18.9 Å². The summed E-state index contributed by atoms with van der Waals surface area (Å²) in [6.45, 7) is 2.78. The third kappa shape index (κ3) is 3.71. The monoisotopic (exact) mass is 348 g/mol. The number of rotatable bonds is 4. The minimum Gasteiger partial charge on any atom is -0.493 e.